The highest BCUT2D eigenvalue weighted by atomic mass is 16.3. The lowest BCUT2D eigenvalue weighted by Crippen LogP contribution is -2.61. The van der Waals surface area contributed by atoms with Gasteiger partial charge in [-0.05, 0) is 46.3 Å². The van der Waals surface area contributed by atoms with Crippen molar-refractivity contribution in [3.63, 3.8) is 0 Å². The first kappa shape index (κ1) is 14.9. The molecule has 21 heavy (non-hydrogen) atoms. The summed E-state index contributed by atoms with van der Waals surface area (Å²) in [4.78, 5) is 9.30. The Bertz CT molecular complexity index is 476. The van der Waals surface area contributed by atoms with Gasteiger partial charge in [-0.1, -0.05) is 0 Å². The molecule has 2 saturated heterocycles. The van der Waals surface area contributed by atoms with Crippen LogP contribution in [-0.2, 0) is 13.1 Å². The minimum atomic E-state index is 0.113. The minimum absolute atomic E-state index is 0.113. The molecule has 3 heterocycles. The Morgan fingerprint density at radius 3 is 3.00 bits per heavy atom. The summed E-state index contributed by atoms with van der Waals surface area (Å²) in [5, 5.41) is 14.2. The number of aromatic nitrogens is 3. The van der Waals surface area contributed by atoms with E-state index in [2.05, 4.69) is 33.9 Å². The predicted octanol–water partition coefficient (Wildman–Crippen LogP) is 0.577. The fraction of sp³-hybridized carbons (Fsp3) is 0.867. The molecule has 1 aromatic heterocycles. The molecule has 1 N–H and O–H groups in total. The van der Waals surface area contributed by atoms with Gasteiger partial charge >= 0.3 is 0 Å². The first-order valence-corrected chi connectivity index (χ1v) is 8.08. The van der Waals surface area contributed by atoms with Gasteiger partial charge in [-0.2, -0.15) is 5.10 Å². The zero-order valence-corrected chi connectivity index (χ0v) is 13.2. The van der Waals surface area contributed by atoms with Crippen molar-refractivity contribution in [2.24, 2.45) is 5.41 Å². The molecule has 2 aliphatic heterocycles. The van der Waals surface area contributed by atoms with Gasteiger partial charge in [0, 0.05) is 24.5 Å². The first-order chi connectivity index (χ1) is 10.2. The Kier molecular flexibility index (Phi) is 4.28. The van der Waals surface area contributed by atoms with Crippen molar-refractivity contribution in [2.45, 2.75) is 45.3 Å². The van der Waals surface area contributed by atoms with Crippen molar-refractivity contribution in [2.75, 3.05) is 33.3 Å². The topological polar surface area (TPSA) is 57.4 Å². The highest BCUT2D eigenvalue weighted by molar-refractivity contribution is 5.01. The molecule has 118 valence electrons. The minimum Gasteiger partial charge on any atom is -0.396 e. The Morgan fingerprint density at radius 2 is 2.24 bits per heavy atom. The first-order valence-electron chi connectivity index (χ1n) is 8.08. The van der Waals surface area contributed by atoms with Gasteiger partial charge in [-0.25, -0.2) is 9.67 Å². The predicted molar refractivity (Wildman–Crippen MR) is 80.8 cm³/mol. The van der Waals surface area contributed by atoms with Gasteiger partial charge in [-0.15, -0.1) is 0 Å². The number of hydrogen-bond donors (Lipinski definition) is 1. The van der Waals surface area contributed by atoms with Crippen LogP contribution in [0.1, 0.15) is 32.0 Å². The lowest BCUT2D eigenvalue weighted by atomic mass is 9.69. The Hall–Kier alpha value is -0.980. The second-order valence-electron chi connectivity index (χ2n) is 6.60. The van der Waals surface area contributed by atoms with Crippen molar-refractivity contribution < 1.29 is 5.11 Å². The monoisotopic (exact) mass is 293 g/mol. The van der Waals surface area contributed by atoms with Gasteiger partial charge in [0.1, 0.15) is 12.2 Å². The van der Waals surface area contributed by atoms with Crippen LogP contribution in [0.4, 0.5) is 0 Å². The summed E-state index contributed by atoms with van der Waals surface area (Å²) >= 11 is 0. The van der Waals surface area contributed by atoms with Crippen LogP contribution in [0.5, 0.6) is 0 Å². The number of hydrogen-bond acceptors (Lipinski definition) is 5. The van der Waals surface area contributed by atoms with E-state index in [0.29, 0.717) is 12.6 Å². The largest absolute Gasteiger partial charge is 0.396 e. The van der Waals surface area contributed by atoms with Crippen LogP contribution in [0.25, 0.3) is 0 Å². The van der Waals surface area contributed by atoms with E-state index in [1.807, 2.05) is 4.68 Å². The van der Waals surface area contributed by atoms with Crippen molar-refractivity contribution in [3.8, 4) is 0 Å². The smallest absolute Gasteiger partial charge is 0.140 e. The third-order valence-corrected chi connectivity index (χ3v) is 5.46. The van der Waals surface area contributed by atoms with Crippen LogP contribution in [0.15, 0.2) is 6.33 Å². The Labute approximate surface area is 126 Å². The molecule has 6 nitrogen and oxygen atoms in total. The summed E-state index contributed by atoms with van der Waals surface area (Å²) in [6, 6.07) is 0.461. The number of aryl methyl sites for hydroxylation is 1. The van der Waals surface area contributed by atoms with Gasteiger partial charge < -0.3 is 10.0 Å². The standard InChI is InChI=1S/C15H27N5O/c1-3-20-14(16-12-17-20)10-19-8-6-15(11-21)5-4-7-18(2)13(15)9-19/h12-13,21H,3-11H2,1-2H3/t13-,15-/m1/s1. The third-order valence-electron chi connectivity index (χ3n) is 5.46. The van der Waals surface area contributed by atoms with Gasteiger partial charge in [0.15, 0.2) is 0 Å². The van der Waals surface area contributed by atoms with Crippen molar-refractivity contribution in [3.05, 3.63) is 12.2 Å². The zero-order chi connectivity index (χ0) is 14.9. The molecule has 0 amide bonds. The molecule has 6 heteroatoms. The fourth-order valence-electron chi connectivity index (χ4n) is 4.09. The van der Waals surface area contributed by atoms with Crippen molar-refractivity contribution in [1.82, 2.24) is 24.6 Å². The normalized spacial score (nSPS) is 31.3. The fourth-order valence-corrected chi connectivity index (χ4v) is 4.09. The van der Waals surface area contributed by atoms with E-state index in [4.69, 9.17) is 0 Å². The Morgan fingerprint density at radius 1 is 1.38 bits per heavy atom. The number of likely N-dealkylation sites (tertiary alicyclic amines) is 2. The van der Waals surface area contributed by atoms with Gasteiger partial charge in [0.2, 0.25) is 0 Å². The van der Waals surface area contributed by atoms with E-state index < -0.39 is 0 Å². The van der Waals surface area contributed by atoms with Crippen LogP contribution >= 0.6 is 0 Å². The summed E-state index contributed by atoms with van der Waals surface area (Å²) in [7, 11) is 2.20. The summed E-state index contributed by atoms with van der Waals surface area (Å²) in [5.41, 5.74) is 0.113. The molecular formula is C15H27N5O. The highest BCUT2D eigenvalue weighted by Gasteiger charge is 2.46. The molecule has 0 radical (unpaired) electrons. The molecule has 0 spiro atoms. The van der Waals surface area contributed by atoms with E-state index >= 15 is 0 Å². The maximum Gasteiger partial charge on any atom is 0.140 e. The third kappa shape index (κ3) is 2.72. The van der Waals surface area contributed by atoms with E-state index in [-0.39, 0.29) is 5.41 Å². The second-order valence-corrected chi connectivity index (χ2v) is 6.60. The quantitative estimate of drug-likeness (QED) is 0.880. The Balaban J connectivity index is 1.71. The number of likely N-dealkylation sites (N-methyl/N-ethyl adjacent to an activating group) is 1. The maximum absolute atomic E-state index is 9.95. The number of aliphatic hydroxyl groups excluding tert-OH is 1. The molecule has 0 bridgehead atoms. The number of nitrogens with zero attached hydrogens (tertiary/aromatic N) is 5. The van der Waals surface area contributed by atoms with E-state index in [0.717, 1.165) is 51.4 Å². The average molecular weight is 293 g/mol. The van der Waals surface area contributed by atoms with Crippen LogP contribution in [0.2, 0.25) is 0 Å². The van der Waals surface area contributed by atoms with Gasteiger partial charge in [-0.3, -0.25) is 4.90 Å². The molecule has 0 aromatic carbocycles. The van der Waals surface area contributed by atoms with E-state index in [9.17, 15) is 5.11 Å². The molecule has 2 aliphatic rings. The second kappa shape index (κ2) is 6.02. The summed E-state index contributed by atoms with van der Waals surface area (Å²) in [5.74, 6) is 1.05. The summed E-state index contributed by atoms with van der Waals surface area (Å²) < 4.78 is 1.97. The summed E-state index contributed by atoms with van der Waals surface area (Å²) in [6.45, 7) is 7.36. The molecule has 3 rings (SSSR count). The van der Waals surface area contributed by atoms with Crippen molar-refractivity contribution in [1.29, 1.82) is 0 Å². The van der Waals surface area contributed by atoms with Crippen molar-refractivity contribution >= 4 is 0 Å². The molecule has 2 fully saturated rings. The SMILES string of the molecule is CCn1ncnc1CN1CC[C@@]2(CO)CCCN(C)[C@@H]2C1. The molecule has 1 aromatic rings. The number of rotatable bonds is 4. The lowest BCUT2D eigenvalue weighted by molar-refractivity contribution is -0.0690. The van der Waals surface area contributed by atoms with Crippen LogP contribution in [0.3, 0.4) is 0 Å². The van der Waals surface area contributed by atoms with Gasteiger partial charge in [0.25, 0.3) is 0 Å². The molecular weight excluding hydrogens is 266 g/mol. The number of piperidine rings is 2. The van der Waals surface area contributed by atoms with Gasteiger partial charge in [0.05, 0.1) is 13.2 Å². The maximum atomic E-state index is 9.95. The molecule has 0 unspecified atom stereocenters. The number of aliphatic hydroxyl groups is 1. The lowest BCUT2D eigenvalue weighted by Gasteiger charge is -2.53. The molecule has 2 atom stereocenters. The van der Waals surface area contributed by atoms with Crippen LogP contribution in [-0.4, -0.2) is 69.0 Å². The van der Waals surface area contributed by atoms with E-state index in [1.165, 1.54) is 6.42 Å². The van der Waals surface area contributed by atoms with E-state index in [1.54, 1.807) is 6.33 Å². The highest BCUT2D eigenvalue weighted by Crippen LogP contribution is 2.41. The van der Waals surface area contributed by atoms with Crippen LogP contribution < -0.4 is 0 Å². The van der Waals surface area contributed by atoms with Crippen LogP contribution in [0, 0.1) is 5.41 Å². The number of fused-ring (bicyclic) bond motifs is 1. The summed E-state index contributed by atoms with van der Waals surface area (Å²) in [6.07, 6.45) is 5.10. The molecule has 0 saturated carbocycles. The average Bonchev–Trinajstić information content (AvgIpc) is 2.95. The molecule has 0 aliphatic carbocycles. The zero-order valence-electron chi connectivity index (χ0n) is 13.2.